The highest BCUT2D eigenvalue weighted by Crippen LogP contribution is 2.42. The van der Waals surface area contributed by atoms with E-state index in [2.05, 4.69) is 0 Å². The van der Waals surface area contributed by atoms with Crippen LogP contribution in [0.3, 0.4) is 0 Å². The minimum absolute atomic E-state index is 0.0208. The average Bonchev–Trinajstić information content (AvgIpc) is 2.92. The van der Waals surface area contributed by atoms with Gasteiger partial charge in [-0.15, -0.1) is 0 Å². The fraction of sp³-hybridized carbons (Fsp3) is 0.467. The second kappa shape index (κ2) is 11.8. The number of likely N-dealkylation sites (tertiary alicyclic amines) is 2. The number of carbonyl (C=O) groups is 4. The number of amides is 2. The molecule has 0 aliphatic carbocycles. The molecule has 0 spiro atoms. The first-order valence-electron chi connectivity index (χ1n) is 13.1. The molecule has 4 rings (SSSR count). The van der Waals surface area contributed by atoms with E-state index >= 15 is 0 Å². The molecule has 0 radical (unpaired) electrons. The topological polar surface area (TPSA) is 78.0 Å². The first-order chi connectivity index (χ1) is 17.8. The Morgan fingerprint density at radius 1 is 0.784 bits per heavy atom. The van der Waals surface area contributed by atoms with Gasteiger partial charge in [-0.05, 0) is 24.7 Å². The normalized spacial score (nSPS) is 22.9. The van der Waals surface area contributed by atoms with Crippen LogP contribution in [0.2, 0.25) is 0 Å². The fourth-order valence-electron chi connectivity index (χ4n) is 6.02. The van der Waals surface area contributed by atoms with Gasteiger partial charge in [0, 0.05) is 70.2 Å². The number of benzene rings is 2. The molecular formula is C30H37N3O4. The number of hydrogen-bond donors (Lipinski definition) is 0. The molecule has 0 saturated carbocycles. The maximum Gasteiger partial charge on any atom is 0.236 e. The molecule has 2 amide bonds. The molecule has 7 heteroatoms. The van der Waals surface area contributed by atoms with Gasteiger partial charge in [0.1, 0.15) is 0 Å². The van der Waals surface area contributed by atoms with Crippen LogP contribution >= 0.6 is 0 Å². The Hall–Kier alpha value is -3.32. The van der Waals surface area contributed by atoms with Crippen molar-refractivity contribution >= 4 is 23.4 Å². The summed E-state index contributed by atoms with van der Waals surface area (Å²) in [5.41, 5.74) is 1.26. The molecule has 2 unspecified atom stereocenters. The van der Waals surface area contributed by atoms with Crippen molar-refractivity contribution in [1.29, 1.82) is 0 Å². The van der Waals surface area contributed by atoms with E-state index in [1.54, 1.807) is 25.9 Å². The number of nitrogens with zero attached hydrogens (tertiary/aromatic N) is 3. The fourth-order valence-corrected chi connectivity index (χ4v) is 6.02. The van der Waals surface area contributed by atoms with Gasteiger partial charge >= 0.3 is 0 Å². The lowest BCUT2D eigenvalue weighted by Gasteiger charge is -2.47. The molecule has 2 fully saturated rings. The predicted molar refractivity (Wildman–Crippen MR) is 142 cm³/mol. The first kappa shape index (κ1) is 26.7. The Kier molecular flexibility index (Phi) is 8.54. The summed E-state index contributed by atoms with van der Waals surface area (Å²) in [5, 5.41) is 0. The van der Waals surface area contributed by atoms with E-state index in [1.165, 1.54) is 0 Å². The Bertz CT molecular complexity index is 1050. The Morgan fingerprint density at radius 3 is 1.65 bits per heavy atom. The van der Waals surface area contributed by atoms with Crippen LogP contribution in [0, 0.1) is 23.7 Å². The third-order valence-corrected chi connectivity index (χ3v) is 8.02. The van der Waals surface area contributed by atoms with Crippen molar-refractivity contribution in [2.24, 2.45) is 23.7 Å². The molecule has 37 heavy (non-hydrogen) atoms. The molecule has 2 aliphatic rings. The van der Waals surface area contributed by atoms with Gasteiger partial charge in [-0.1, -0.05) is 60.7 Å². The summed E-state index contributed by atoms with van der Waals surface area (Å²) >= 11 is 0. The third-order valence-electron chi connectivity index (χ3n) is 8.02. The lowest BCUT2D eigenvalue weighted by molar-refractivity contribution is -0.131. The molecule has 2 aliphatic heterocycles. The molecule has 2 aromatic carbocycles. The van der Waals surface area contributed by atoms with Crippen LogP contribution < -0.4 is 0 Å². The van der Waals surface area contributed by atoms with E-state index in [0.29, 0.717) is 37.3 Å². The van der Waals surface area contributed by atoms with Crippen LogP contribution in [0.4, 0.5) is 0 Å². The summed E-state index contributed by atoms with van der Waals surface area (Å²) in [6.45, 7) is 3.90. The summed E-state index contributed by atoms with van der Waals surface area (Å²) in [6.07, 6.45) is 1.52. The van der Waals surface area contributed by atoms with Gasteiger partial charge in [-0.25, -0.2) is 0 Å². The van der Waals surface area contributed by atoms with Crippen molar-refractivity contribution in [3.8, 4) is 0 Å². The molecule has 0 aromatic heterocycles. The number of Topliss-reactive ketones (excluding diaryl/α,β-unsaturated/α-hetero) is 2. The van der Waals surface area contributed by atoms with Crippen molar-refractivity contribution in [1.82, 2.24) is 14.7 Å². The number of likely N-dealkylation sites (N-methyl/N-ethyl adjacent to an activating group) is 1. The van der Waals surface area contributed by atoms with Gasteiger partial charge in [-0.3, -0.25) is 24.1 Å². The molecule has 2 atom stereocenters. The van der Waals surface area contributed by atoms with E-state index in [9.17, 15) is 19.2 Å². The summed E-state index contributed by atoms with van der Waals surface area (Å²) in [6, 6.07) is 18.5. The molecule has 2 heterocycles. The van der Waals surface area contributed by atoms with Crippen molar-refractivity contribution < 1.29 is 19.2 Å². The maximum atomic E-state index is 14.0. The van der Waals surface area contributed by atoms with E-state index in [4.69, 9.17) is 0 Å². The summed E-state index contributed by atoms with van der Waals surface area (Å²) in [7, 11) is 3.44. The quantitative estimate of drug-likeness (QED) is 0.542. The number of rotatable bonds is 7. The molecule has 0 bridgehead atoms. The minimum Gasteiger partial charge on any atom is -0.348 e. The lowest BCUT2D eigenvalue weighted by atomic mass is 9.64. The summed E-state index contributed by atoms with van der Waals surface area (Å²) in [4.78, 5) is 58.0. The molecule has 2 saturated heterocycles. The van der Waals surface area contributed by atoms with Gasteiger partial charge in [0.15, 0.2) is 11.6 Å². The van der Waals surface area contributed by atoms with E-state index < -0.39 is 11.8 Å². The molecule has 196 valence electrons. The molecule has 0 N–H and O–H groups in total. The predicted octanol–water partition coefficient (Wildman–Crippen LogP) is 3.26. The lowest BCUT2D eigenvalue weighted by Crippen LogP contribution is -2.56. The SMILES string of the molecule is CC(=O)N1CCC(C2C(C(=O)c3ccccc3)CN(CC(=O)N(C)C)CC2C(=O)c2ccccc2)CC1. The first-order valence-corrected chi connectivity index (χ1v) is 13.1. The highest BCUT2D eigenvalue weighted by Gasteiger charge is 2.48. The van der Waals surface area contributed by atoms with Crippen LogP contribution in [-0.4, -0.2) is 84.9 Å². The molecular weight excluding hydrogens is 466 g/mol. The Morgan fingerprint density at radius 2 is 1.24 bits per heavy atom. The van der Waals surface area contributed by atoms with Gasteiger partial charge < -0.3 is 9.80 Å². The van der Waals surface area contributed by atoms with E-state index in [0.717, 1.165) is 12.8 Å². The number of hydrogen-bond acceptors (Lipinski definition) is 5. The standard InChI is InChI=1S/C30H37N3O4/c1-21(34)33-16-14-22(15-17-33)28-25(29(36)23-10-6-4-7-11-23)18-32(20-27(35)31(2)3)19-26(28)30(37)24-12-8-5-9-13-24/h4-13,22,25-26,28H,14-20H2,1-3H3. The second-order valence-electron chi connectivity index (χ2n) is 10.6. The highest BCUT2D eigenvalue weighted by molar-refractivity contribution is 6.01. The largest absolute Gasteiger partial charge is 0.348 e. The number of ketones is 2. The number of piperidine rings is 2. The maximum absolute atomic E-state index is 14.0. The van der Waals surface area contributed by atoms with Gasteiger partial charge in [0.2, 0.25) is 11.8 Å². The van der Waals surface area contributed by atoms with E-state index in [1.807, 2.05) is 70.5 Å². The summed E-state index contributed by atoms with van der Waals surface area (Å²) < 4.78 is 0. The Labute approximate surface area is 219 Å². The van der Waals surface area contributed by atoms with Crippen molar-refractivity contribution in [3.05, 3.63) is 71.8 Å². The van der Waals surface area contributed by atoms with E-state index in [-0.39, 0.29) is 41.8 Å². The van der Waals surface area contributed by atoms with Gasteiger partial charge in [0.05, 0.1) is 6.54 Å². The van der Waals surface area contributed by atoms with Crippen LogP contribution in [0.15, 0.2) is 60.7 Å². The van der Waals surface area contributed by atoms with Crippen LogP contribution in [0.1, 0.15) is 40.5 Å². The third kappa shape index (κ3) is 6.16. The van der Waals surface area contributed by atoms with Crippen molar-refractivity contribution in [2.75, 3.05) is 46.8 Å². The molecule has 7 nitrogen and oxygen atoms in total. The van der Waals surface area contributed by atoms with Gasteiger partial charge in [0.25, 0.3) is 0 Å². The van der Waals surface area contributed by atoms with Gasteiger partial charge in [-0.2, -0.15) is 0 Å². The zero-order valence-corrected chi connectivity index (χ0v) is 22.0. The average molecular weight is 504 g/mol. The van der Waals surface area contributed by atoms with Crippen LogP contribution in [0.25, 0.3) is 0 Å². The Balaban J connectivity index is 1.72. The highest BCUT2D eigenvalue weighted by atomic mass is 16.2. The zero-order chi connectivity index (χ0) is 26.5. The minimum atomic E-state index is -0.419. The van der Waals surface area contributed by atoms with Crippen molar-refractivity contribution in [3.63, 3.8) is 0 Å². The second-order valence-corrected chi connectivity index (χ2v) is 10.6. The van der Waals surface area contributed by atoms with Crippen LogP contribution in [-0.2, 0) is 9.59 Å². The van der Waals surface area contributed by atoms with Crippen LogP contribution in [0.5, 0.6) is 0 Å². The molecule has 2 aromatic rings. The zero-order valence-electron chi connectivity index (χ0n) is 22.0. The number of carbonyl (C=O) groups excluding carboxylic acids is 4. The van der Waals surface area contributed by atoms with Crippen molar-refractivity contribution in [2.45, 2.75) is 19.8 Å². The monoisotopic (exact) mass is 503 g/mol. The smallest absolute Gasteiger partial charge is 0.236 e. The summed E-state index contributed by atoms with van der Waals surface area (Å²) in [5.74, 6) is -0.817.